The fraction of sp³-hybridized carbons (Fsp3) is 0.409. The highest BCUT2D eigenvalue weighted by atomic mass is 32.2. The zero-order chi connectivity index (χ0) is 22.7. The number of carbonyl (C=O) groups excluding carboxylic acids is 1. The molecule has 0 fully saturated rings. The van der Waals surface area contributed by atoms with Gasteiger partial charge in [0, 0.05) is 6.54 Å². The van der Waals surface area contributed by atoms with Crippen molar-refractivity contribution in [1.82, 2.24) is 10.0 Å². The lowest BCUT2D eigenvalue weighted by atomic mass is 10.1. The first-order chi connectivity index (χ1) is 14.9. The molecule has 0 saturated heterocycles. The molecule has 1 atom stereocenters. The van der Waals surface area contributed by atoms with Gasteiger partial charge in [-0.1, -0.05) is 36.4 Å². The van der Waals surface area contributed by atoms with E-state index >= 15 is 0 Å². The zero-order valence-corrected chi connectivity index (χ0v) is 19.7. The van der Waals surface area contributed by atoms with Crippen LogP contribution in [0.2, 0.25) is 0 Å². The van der Waals surface area contributed by atoms with Crippen LogP contribution in [0.25, 0.3) is 0 Å². The van der Waals surface area contributed by atoms with Crippen LogP contribution in [-0.4, -0.2) is 45.2 Å². The molecule has 0 saturated carbocycles. The number of amides is 1. The smallest absolute Gasteiger partial charge is 0.238 e. The number of hydrogen-bond donors (Lipinski definition) is 2. The highest BCUT2D eigenvalue weighted by Crippen LogP contribution is 2.28. The molecule has 2 N–H and O–H groups in total. The third-order valence-corrected chi connectivity index (χ3v) is 6.61. The van der Waals surface area contributed by atoms with Crippen molar-refractivity contribution in [2.45, 2.75) is 32.5 Å². The largest absolute Gasteiger partial charge is 0.493 e. The fourth-order valence-electron chi connectivity index (χ4n) is 2.77. The highest BCUT2D eigenvalue weighted by molar-refractivity contribution is 7.98. The average Bonchev–Trinajstić information content (AvgIpc) is 2.79. The summed E-state index contributed by atoms with van der Waals surface area (Å²) in [5.74, 6) is 1.42. The van der Waals surface area contributed by atoms with E-state index in [0.717, 1.165) is 11.1 Å². The number of thioether (sulfide) groups is 1. The van der Waals surface area contributed by atoms with Gasteiger partial charge in [-0.05, 0) is 48.6 Å². The minimum Gasteiger partial charge on any atom is -0.493 e. The Labute approximate surface area is 189 Å². The number of benzene rings is 2. The van der Waals surface area contributed by atoms with Crippen LogP contribution in [-0.2, 0) is 28.0 Å². The molecule has 2 aromatic carbocycles. The number of rotatable bonds is 13. The lowest BCUT2D eigenvalue weighted by molar-refractivity contribution is -0.122. The van der Waals surface area contributed by atoms with Crippen LogP contribution in [0, 0.1) is 0 Å². The predicted molar refractivity (Wildman–Crippen MR) is 125 cm³/mol. The lowest BCUT2D eigenvalue weighted by Gasteiger charge is -2.18. The van der Waals surface area contributed by atoms with Crippen molar-refractivity contribution in [3.8, 4) is 11.5 Å². The van der Waals surface area contributed by atoms with E-state index < -0.39 is 16.1 Å². The van der Waals surface area contributed by atoms with Crippen LogP contribution in [0.5, 0.6) is 11.5 Å². The van der Waals surface area contributed by atoms with Gasteiger partial charge in [0.2, 0.25) is 15.9 Å². The van der Waals surface area contributed by atoms with Gasteiger partial charge in [-0.3, -0.25) is 4.79 Å². The summed E-state index contributed by atoms with van der Waals surface area (Å²) in [6, 6.07) is 14.5. The first-order valence-electron chi connectivity index (χ1n) is 9.98. The van der Waals surface area contributed by atoms with E-state index in [1.165, 1.54) is 0 Å². The molecule has 1 unspecified atom stereocenters. The topological polar surface area (TPSA) is 93.7 Å². The summed E-state index contributed by atoms with van der Waals surface area (Å²) in [4.78, 5) is 12.6. The molecule has 0 aliphatic heterocycles. The highest BCUT2D eigenvalue weighted by Gasteiger charge is 2.23. The molecule has 0 spiro atoms. The monoisotopic (exact) mass is 466 g/mol. The Balaban J connectivity index is 2.00. The van der Waals surface area contributed by atoms with Gasteiger partial charge in [0.05, 0.1) is 12.9 Å². The summed E-state index contributed by atoms with van der Waals surface area (Å²) in [5.41, 5.74) is 1.87. The van der Waals surface area contributed by atoms with Gasteiger partial charge in [-0.25, -0.2) is 13.1 Å². The minimum atomic E-state index is -3.48. The van der Waals surface area contributed by atoms with Crippen molar-refractivity contribution < 1.29 is 22.7 Å². The van der Waals surface area contributed by atoms with Gasteiger partial charge >= 0.3 is 0 Å². The Morgan fingerprint density at radius 1 is 1.10 bits per heavy atom. The number of carbonyl (C=O) groups is 1. The quantitative estimate of drug-likeness (QED) is 0.471. The second-order valence-electron chi connectivity index (χ2n) is 6.83. The van der Waals surface area contributed by atoms with Crippen LogP contribution in [0.15, 0.2) is 48.5 Å². The Morgan fingerprint density at radius 2 is 1.84 bits per heavy atom. The van der Waals surface area contributed by atoms with E-state index in [1.54, 1.807) is 37.9 Å². The zero-order valence-electron chi connectivity index (χ0n) is 18.1. The van der Waals surface area contributed by atoms with E-state index in [-0.39, 0.29) is 18.2 Å². The second kappa shape index (κ2) is 12.6. The SMILES string of the molecule is CCS(=O)(=O)NC(CCSC)C(=O)NCc1ccc(OCc2ccccc2)c(OC)c1. The van der Waals surface area contributed by atoms with Crippen molar-refractivity contribution >= 4 is 27.7 Å². The molecular formula is C22H30N2O5S2. The molecule has 0 aliphatic rings. The summed E-state index contributed by atoms with van der Waals surface area (Å²) in [5, 5.41) is 2.81. The Hall–Kier alpha value is -2.23. The van der Waals surface area contributed by atoms with Crippen molar-refractivity contribution in [2.24, 2.45) is 0 Å². The van der Waals surface area contributed by atoms with Crippen LogP contribution >= 0.6 is 11.8 Å². The fourth-order valence-corrected chi connectivity index (χ4v) is 4.06. The Bertz CT molecular complexity index is 936. The van der Waals surface area contributed by atoms with Crippen LogP contribution in [0.1, 0.15) is 24.5 Å². The van der Waals surface area contributed by atoms with Crippen molar-refractivity contribution in [3.05, 3.63) is 59.7 Å². The first-order valence-corrected chi connectivity index (χ1v) is 13.0. The van der Waals surface area contributed by atoms with Crippen molar-refractivity contribution in [1.29, 1.82) is 0 Å². The van der Waals surface area contributed by atoms with Gasteiger partial charge in [0.15, 0.2) is 11.5 Å². The predicted octanol–water partition coefficient (Wildman–Crippen LogP) is 2.95. The van der Waals surface area contributed by atoms with E-state index in [1.807, 2.05) is 42.7 Å². The summed E-state index contributed by atoms with van der Waals surface area (Å²) in [7, 11) is -1.92. The van der Waals surface area contributed by atoms with Gasteiger partial charge in [0.25, 0.3) is 0 Å². The normalized spacial score (nSPS) is 12.2. The number of sulfonamides is 1. The molecule has 2 aromatic rings. The molecule has 0 heterocycles. The summed E-state index contributed by atoms with van der Waals surface area (Å²) in [6.45, 7) is 2.21. The summed E-state index contributed by atoms with van der Waals surface area (Å²) < 4.78 is 37.6. The lowest BCUT2D eigenvalue weighted by Crippen LogP contribution is -2.47. The first kappa shape index (κ1) is 25.0. The maximum atomic E-state index is 12.6. The molecule has 1 amide bonds. The van der Waals surface area contributed by atoms with E-state index in [0.29, 0.717) is 30.3 Å². The van der Waals surface area contributed by atoms with Crippen LogP contribution in [0.3, 0.4) is 0 Å². The molecule has 2 rings (SSSR count). The Morgan fingerprint density at radius 3 is 2.48 bits per heavy atom. The second-order valence-corrected chi connectivity index (χ2v) is 9.86. The van der Waals surface area contributed by atoms with Crippen LogP contribution in [0.4, 0.5) is 0 Å². The molecule has 0 bridgehead atoms. The molecule has 0 aromatic heterocycles. The maximum absolute atomic E-state index is 12.6. The van der Waals surface area contributed by atoms with Gasteiger partial charge < -0.3 is 14.8 Å². The molecule has 0 aliphatic carbocycles. The van der Waals surface area contributed by atoms with Crippen molar-refractivity contribution in [2.75, 3.05) is 24.9 Å². The summed E-state index contributed by atoms with van der Waals surface area (Å²) in [6.07, 6.45) is 2.33. The number of hydrogen-bond acceptors (Lipinski definition) is 6. The third kappa shape index (κ3) is 8.43. The molecule has 31 heavy (non-hydrogen) atoms. The van der Waals surface area contributed by atoms with E-state index in [2.05, 4.69) is 10.0 Å². The maximum Gasteiger partial charge on any atom is 0.238 e. The standard InChI is InChI=1S/C22H30N2O5S2/c1-4-31(26,27)24-19(12-13-30-3)22(25)23-15-18-10-11-20(21(14-18)28-2)29-16-17-8-6-5-7-9-17/h5-11,14,19,24H,4,12-13,15-16H2,1-3H3,(H,23,25). The van der Waals surface area contributed by atoms with Gasteiger partial charge in [-0.15, -0.1) is 0 Å². The summed E-state index contributed by atoms with van der Waals surface area (Å²) >= 11 is 1.56. The average molecular weight is 467 g/mol. The van der Waals surface area contributed by atoms with Gasteiger partial charge in [-0.2, -0.15) is 11.8 Å². The van der Waals surface area contributed by atoms with Crippen molar-refractivity contribution in [3.63, 3.8) is 0 Å². The molecule has 9 heteroatoms. The molecule has 7 nitrogen and oxygen atoms in total. The number of ether oxygens (including phenoxy) is 2. The Kier molecular flexibility index (Phi) is 10.2. The van der Waals surface area contributed by atoms with Crippen LogP contribution < -0.4 is 19.5 Å². The molecule has 170 valence electrons. The van der Waals surface area contributed by atoms with Gasteiger partial charge in [0.1, 0.15) is 12.6 Å². The van der Waals surface area contributed by atoms with E-state index in [4.69, 9.17) is 9.47 Å². The molecule has 0 radical (unpaired) electrons. The van der Waals surface area contributed by atoms with E-state index in [9.17, 15) is 13.2 Å². The minimum absolute atomic E-state index is 0.0717. The number of nitrogens with one attached hydrogen (secondary N) is 2. The molecular weight excluding hydrogens is 436 g/mol. The third-order valence-electron chi connectivity index (χ3n) is 4.56. The number of methoxy groups -OCH3 is 1.